The summed E-state index contributed by atoms with van der Waals surface area (Å²) in [6.45, 7) is 4.69. The number of ether oxygens (including phenoxy) is 6. The van der Waals surface area contributed by atoms with Gasteiger partial charge in [0.05, 0.1) is 13.2 Å². The molecule has 8 nitrogen and oxygen atoms in total. The van der Waals surface area contributed by atoms with Gasteiger partial charge in [0.15, 0.2) is 23.0 Å². The number of hydrogen-bond acceptors (Lipinski definition) is 7. The van der Waals surface area contributed by atoms with Gasteiger partial charge in [0, 0.05) is 6.54 Å². The van der Waals surface area contributed by atoms with E-state index in [0.717, 1.165) is 19.3 Å². The van der Waals surface area contributed by atoms with E-state index >= 15 is 0 Å². The fourth-order valence-electron chi connectivity index (χ4n) is 3.26. The van der Waals surface area contributed by atoms with Gasteiger partial charge < -0.3 is 33.7 Å². The molecule has 0 aromatic heterocycles. The van der Waals surface area contributed by atoms with Crippen LogP contribution in [-0.4, -0.2) is 64.8 Å². The first kappa shape index (κ1) is 25.6. The minimum atomic E-state index is -0.487. The first-order valence-electron chi connectivity index (χ1n) is 11.9. The number of unbranched alkanes of at least 4 members (excludes halogenated alkanes) is 2. The monoisotopic (exact) mass is 473 g/mol. The van der Waals surface area contributed by atoms with Crippen LogP contribution < -0.4 is 24.3 Å². The maximum absolute atomic E-state index is 12.2. The molecule has 1 amide bonds. The summed E-state index contributed by atoms with van der Waals surface area (Å²) in [7, 11) is 0. The van der Waals surface area contributed by atoms with Gasteiger partial charge in [0.25, 0.3) is 0 Å². The standard InChI is InChI=1S/C26H35NO7/c1-2-3-8-13-27-26(28)20-32-21-18-33-24-11-6-4-9-22(24)30-16-14-29-15-17-31-23-10-5-7-12-25(23)34-19-21/h4-7,9-12,21H,2-3,8,13-20H2,1H3,(H,27,28). The first-order valence-corrected chi connectivity index (χ1v) is 11.9. The molecule has 0 aliphatic carbocycles. The van der Waals surface area contributed by atoms with Gasteiger partial charge in [-0.15, -0.1) is 0 Å². The molecule has 0 atom stereocenters. The Morgan fingerprint density at radius 1 is 0.824 bits per heavy atom. The Bertz CT molecular complexity index is 805. The van der Waals surface area contributed by atoms with E-state index in [4.69, 9.17) is 28.4 Å². The number of amides is 1. The minimum Gasteiger partial charge on any atom is -0.487 e. The lowest BCUT2D eigenvalue weighted by Crippen LogP contribution is -2.35. The van der Waals surface area contributed by atoms with Crippen LogP contribution in [0.15, 0.2) is 48.5 Å². The molecule has 1 N–H and O–H groups in total. The van der Waals surface area contributed by atoms with Crippen LogP contribution in [0, 0.1) is 0 Å². The average Bonchev–Trinajstić information content (AvgIpc) is 2.86. The summed E-state index contributed by atoms with van der Waals surface area (Å²) < 4.78 is 35.1. The average molecular weight is 474 g/mol. The van der Waals surface area contributed by atoms with E-state index in [1.54, 1.807) is 0 Å². The molecule has 1 aliphatic heterocycles. The van der Waals surface area contributed by atoms with Gasteiger partial charge in [0.2, 0.25) is 5.91 Å². The number of fused-ring (bicyclic) bond motifs is 2. The third kappa shape index (κ3) is 9.11. The van der Waals surface area contributed by atoms with Crippen LogP contribution in [0.2, 0.25) is 0 Å². The van der Waals surface area contributed by atoms with Crippen molar-refractivity contribution in [3.05, 3.63) is 48.5 Å². The molecule has 0 fully saturated rings. The Labute approximate surface area is 201 Å². The molecule has 34 heavy (non-hydrogen) atoms. The second kappa shape index (κ2) is 15.0. The number of benzene rings is 2. The van der Waals surface area contributed by atoms with Crippen LogP contribution in [0.4, 0.5) is 0 Å². The van der Waals surface area contributed by atoms with Crippen molar-refractivity contribution >= 4 is 5.91 Å². The van der Waals surface area contributed by atoms with Gasteiger partial charge in [-0.05, 0) is 30.7 Å². The molecular formula is C26H35NO7. The maximum atomic E-state index is 12.2. The van der Waals surface area contributed by atoms with Crippen LogP contribution >= 0.6 is 0 Å². The van der Waals surface area contributed by atoms with E-state index in [-0.39, 0.29) is 25.7 Å². The molecule has 8 heteroatoms. The molecule has 0 saturated heterocycles. The predicted molar refractivity (Wildman–Crippen MR) is 128 cm³/mol. The number of para-hydroxylation sites is 4. The van der Waals surface area contributed by atoms with Crippen molar-refractivity contribution in [3.8, 4) is 23.0 Å². The number of nitrogens with one attached hydrogen (secondary N) is 1. The van der Waals surface area contributed by atoms with E-state index in [1.165, 1.54) is 0 Å². The summed E-state index contributed by atoms with van der Waals surface area (Å²) >= 11 is 0. The summed E-state index contributed by atoms with van der Waals surface area (Å²) in [5.74, 6) is 2.27. The molecular weight excluding hydrogens is 438 g/mol. The third-order valence-corrected chi connectivity index (χ3v) is 5.07. The van der Waals surface area contributed by atoms with Crippen LogP contribution in [0.3, 0.4) is 0 Å². The number of hydrogen-bond donors (Lipinski definition) is 1. The molecule has 0 unspecified atom stereocenters. The quantitative estimate of drug-likeness (QED) is 0.615. The van der Waals surface area contributed by atoms with Crippen molar-refractivity contribution in [1.29, 1.82) is 0 Å². The summed E-state index contributed by atoms with van der Waals surface area (Å²) in [4.78, 5) is 12.2. The van der Waals surface area contributed by atoms with Crippen molar-refractivity contribution in [2.24, 2.45) is 0 Å². The SMILES string of the molecule is CCCCCNC(=O)COC1COc2ccccc2OCCOCCOc2ccccc2OC1. The molecule has 0 radical (unpaired) electrons. The molecule has 2 aromatic carbocycles. The van der Waals surface area contributed by atoms with Crippen molar-refractivity contribution < 1.29 is 33.2 Å². The van der Waals surface area contributed by atoms with E-state index < -0.39 is 6.10 Å². The van der Waals surface area contributed by atoms with Gasteiger partial charge in [-0.25, -0.2) is 0 Å². The fraction of sp³-hybridized carbons (Fsp3) is 0.500. The van der Waals surface area contributed by atoms with E-state index in [2.05, 4.69) is 12.2 Å². The number of rotatable bonds is 7. The van der Waals surface area contributed by atoms with Gasteiger partial charge in [-0.3, -0.25) is 4.79 Å². The smallest absolute Gasteiger partial charge is 0.246 e. The second-order valence-corrected chi connectivity index (χ2v) is 7.81. The van der Waals surface area contributed by atoms with Gasteiger partial charge >= 0.3 is 0 Å². The highest BCUT2D eigenvalue weighted by Crippen LogP contribution is 2.28. The Kier molecular flexibility index (Phi) is 11.3. The zero-order valence-corrected chi connectivity index (χ0v) is 19.8. The number of carbonyl (C=O) groups excluding carboxylic acids is 1. The van der Waals surface area contributed by atoms with Crippen LogP contribution in [-0.2, 0) is 14.3 Å². The molecule has 0 spiro atoms. The molecule has 186 valence electrons. The lowest BCUT2D eigenvalue weighted by atomic mass is 10.2. The van der Waals surface area contributed by atoms with Crippen LogP contribution in [0.1, 0.15) is 26.2 Å². The maximum Gasteiger partial charge on any atom is 0.246 e. The van der Waals surface area contributed by atoms with Crippen LogP contribution in [0.25, 0.3) is 0 Å². The third-order valence-electron chi connectivity index (χ3n) is 5.07. The molecule has 0 saturated carbocycles. The highest BCUT2D eigenvalue weighted by Gasteiger charge is 2.17. The fourth-order valence-corrected chi connectivity index (χ4v) is 3.26. The Morgan fingerprint density at radius 3 is 1.88 bits per heavy atom. The van der Waals surface area contributed by atoms with E-state index in [1.807, 2.05) is 48.5 Å². The highest BCUT2D eigenvalue weighted by atomic mass is 16.6. The molecule has 3 rings (SSSR count). The Balaban J connectivity index is 1.65. The van der Waals surface area contributed by atoms with Crippen molar-refractivity contribution in [2.45, 2.75) is 32.3 Å². The first-order chi connectivity index (χ1) is 16.8. The zero-order chi connectivity index (χ0) is 23.8. The lowest BCUT2D eigenvalue weighted by Gasteiger charge is -2.21. The summed E-state index contributed by atoms with van der Waals surface area (Å²) in [5.41, 5.74) is 0. The van der Waals surface area contributed by atoms with E-state index in [0.29, 0.717) is 56.0 Å². The van der Waals surface area contributed by atoms with Crippen molar-refractivity contribution in [1.82, 2.24) is 5.32 Å². The molecule has 1 aliphatic rings. The number of carbonyl (C=O) groups is 1. The van der Waals surface area contributed by atoms with Gasteiger partial charge in [-0.1, -0.05) is 44.0 Å². The highest BCUT2D eigenvalue weighted by molar-refractivity contribution is 5.77. The zero-order valence-electron chi connectivity index (χ0n) is 19.8. The van der Waals surface area contributed by atoms with Crippen molar-refractivity contribution in [3.63, 3.8) is 0 Å². The lowest BCUT2D eigenvalue weighted by molar-refractivity contribution is -0.129. The summed E-state index contributed by atoms with van der Waals surface area (Å²) in [6, 6.07) is 14.9. The van der Waals surface area contributed by atoms with Crippen LogP contribution in [0.5, 0.6) is 23.0 Å². The molecule has 0 bridgehead atoms. The largest absolute Gasteiger partial charge is 0.487 e. The Hall–Kier alpha value is -2.97. The van der Waals surface area contributed by atoms with E-state index in [9.17, 15) is 4.79 Å². The van der Waals surface area contributed by atoms with Gasteiger partial charge in [0.1, 0.15) is 39.1 Å². The minimum absolute atomic E-state index is 0.0723. The van der Waals surface area contributed by atoms with Crippen molar-refractivity contribution in [2.75, 3.05) is 52.8 Å². The Morgan fingerprint density at radius 2 is 1.35 bits per heavy atom. The topological polar surface area (TPSA) is 84.5 Å². The predicted octanol–water partition coefficient (Wildman–Crippen LogP) is 3.62. The van der Waals surface area contributed by atoms with Gasteiger partial charge in [-0.2, -0.15) is 0 Å². The molecule has 2 aromatic rings. The summed E-state index contributed by atoms with van der Waals surface area (Å²) in [6.07, 6.45) is 2.66. The second-order valence-electron chi connectivity index (χ2n) is 7.81. The molecule has 1 heterocycles. The normalized spacial score (nSPS) is 15.4. The summed E-state index contributed by atoms with van der Waals surface area (Å²) in [5, 5.41) is 2.89.